The summed E-state index contributed by atoms with van der Waals surface area (Å²) in [5.74, 6) is 0.198. The first-order valence-electron chi connectivity index (χ1n) is 8.21. The van der Waals surface area contributed by atoms with Crippen LogP contribution in [0, 0.1) is 11.8 Å². The van der Waals surface area contributed by atoms with Gasteiger partial charge < -0.3 is 24.2 Å². The van der Waals surface area contributed by atoms with Gasteiger partial charge in [0, 0.05) is 19.5 Å². The number of likely N-dealkylation sites (tertiary alicyclic amines) is 1. The lowest BCUT2D eigenvalue weighted by atomic mass is 9.99. The Morgan fingerprint density at radius 1 is 1.12 bits per heavy atom. The summed E-state index contributed by atoms with van der Waals surface area (Å²) in [6.45, 7) is 2.63. The third-order valence-corrected chi connectivity index (χ3v) is 4.68. The van der Waals surface area contributed by atoms with E-state index in [0.717, 1.165) is 5.56 Å². The molecule has 138 valence electrons. The van der Waals surface area contributed by atoms with E-state index in [2.05, 4.69) is 0 Å². The fraction of sp³-hybridized carbons (Fsp3) is 0.556. The van der Waals surface area contributed by atoms with Gasteiger partial charge in [0.1, 0.15) is 0 Å². The van der Waals surface area contributed by atoms with Gasteiger partial charge in [-0.2, -0.15) is 0 Å². The topological polar surface area (TPSA) is 85.3 Å². The van der Waals surface area contributed by atoms with E-state index in [-0.39, 0.29) is 24.8 Å². The lowest BCUT2D eigenvalue weighted by Gasteiger charge is -2.18. The van der Waals surface area contributed by atoms with Crippen molar-refractivity contribution in [2.24, 2.45) is 11.8 Å². The second kappa shape index (κ2) is 8.09. The third-order valence-electron chi connectivity index (χ3n) is 4.68. The van der Waals surface area contributed by atoms with Crippen LogP contribution in [0.15, 0.2) is 12.1 Å². The Morgan fingerprint density at radius 2 is 1.80 bits per heavy atom. The summed E-state index contributed by atoms with van der Waals surface area (Å²) in [6.07, 6.45) is 0.760. The summed E-state index contributed by atoms with van der Waals surface area (Å²) in [6, 6.07) is 3.62. The van der Waals surface area contributed by atoms with Gasteiger partial charge in [0.25, 0.3) is 0 Å². The molecule has 7 nitrogen and oxygen atoms in total. The van der Waals surface area contributed by atoms with E-state index in [0.29, 0.717) is 30.2 Å². The van der Waals surface area contributed by atoms with E-state index < -0.39 is 11.9 Å². The highest BCUT2D eigenvalue weighted by atomic mass is 16.5. The third kappa shape index (κ3) is 3.97. The number of methoxy groups -OCH3 is 3. The average molecular weight is 351 g/mol. The second-order valence-electron chi connectivity index (χ2n) is 6.21. The summed E-state index contributed by atoms with van der Waals surface area (Å²) < 4.78 is 16.0. The fourth-order valence-electron chi connectivity index (χ4n) is 3.25. The number of nitrogens with zero attached hydrogens (tertiary/aromatic N) is 1. The van der Waals surface area contributed by atoms with Crippen molar-refractivity contribution in [1.29, 1.82) is 0 Å². The minimum absolute atomic E-state index is 0.0305. The number of aryl methyl sites for hydroxylation is 1. The summed E-state index contributed by atoms with van der Waals surface area (Å²) in [5.41, 5.74) is 0.843. The van der Waals surface area contributed by atoms with Crippen molar-refractivity contribution in [2.45, 2.75) is 19.8 Å². The van der Waals surface area contributed by atoms with Crippen LogP contribution in [0.25, 0.3) is 0 Å². The molecule has 25 heavy (non-hydrogen) atoms. The lowest BCUT2D eigenvalue weighted by Crippen LogP contribution is -2.30. The molecule has 1 heterocycles. The highest BCUT2D eigenvalue weighted by Crippen LogP contribution is 2.40. The molecule has 1 fully saturated rings. The predicted molar refractivity (Wildman–Crippen MR) is 91.3 cm³/mol. The lowest BCUT2D eigenvalue weighted by molar-refractivity contribution is -0.142. The van der Waals surface area contributed by atoms with Gasteiger partial charge >= 0.3 is 5.97 Å². The Labute approximate surface area is 147 Å². The minimum atomic E-state index is -0.843. The van der Waals surface area contributed by atoms with Crippen LogP contribution >= 0.6 is 0 Å². The van der Waals surface area contributed by atoms with Crippen LogP contribution in [0.2, 0.25) is 0 Å². The van der Waals surface area contributed by atoms with Gasteiger partial charge in [0.15, 0.2) is 11.5 Å². The number of carboxylic acids is 1. The fourth-order valence-corrected chi connectivity index (χ4v) is 3.25. The van der Waals surface area contributed by atoms with E-state index in [9.17, 15) is 14.7 Å². The molecular formula is C18H25NO6. The number of amides is 1. The molecule has 0 spiro atoms. The molecule has 7 heteroatoms. The molecule has 1 aromatic rings. The quantitative estimate of drug-likeness (QED) is 0.807. The van der Waals surface area contributed by atoms with Crippen LogP contribution < -0.4 is 14.2 Å². The number of carboxylic acid groups (broad SMARTS) is 1. The minimum Gasteiger partial charge on any atom is -0.493 e. The number of aliphatic carboxylic acids is 1. The van der Waals surface area contributed by atoms with Gasteiger partial charge in [-0.1, -0.05) is 13.0 Å². The zero-order valence-electron chi connectivity index (χ0n) is 15.1. The van der Waals surface area contributed by atoms with Crippen LogP contribution in [-0.2, 0) is 16.0 Å². The largest absolute Gasteiger partial charge is 0.493 e. The van der Waals surface area contributed by atoms with Crippen molar-refractivity contribution in [3.63, 3.8) is 0 Å². The Morgan fingerprint density at radius 3 is 2.32 bits per heavy atom. The first kappa shape index (κ1) is 18.9. The Bertz CT molecular complexity index is 645. The number of carbonyl (C=O) groups is 2. The Kier molecular flexibility index (Phi) is 6.12. The van der Waals surface area contributed by atoms with Gasteiger partial charge in [-0.05, 0) is 24.0 Å². The van der Waals surface area contributed by atoms with Gasteiger partial charge in [0.05, 0.1) is 27.2 Å². The van der Waals surface area contributed by atoms with Crippen molar-refractivity contribution >= 4 is 11.9 Å². The van der Waals surface area contributed by atoms with Crippen LogP contribution in [0.4, 0.5) is 0 Å². The van der Waals surface area contributed by atoms with E-state index in [1.165, 1.54) is 7.11 Å². The molecule has 2 atom stereocenters. The van der Waals surface area contributed by atoms with Crippen LogP contribution in [0.1, 0.15) is 18.9 Å². The molecule has 0 aromatic heterocycles. The predicted octanol–water partition coefficient (Wildman–Crippen LogP) is 1.82. The first-order chi connectivity index (χ1) is 11.9. The maximum absolute atomic E-state index is 12.4. The zero-order valence-corrected chi connectivity index (χ0v) is 15.1. The molecule has 1 N–H and O–H groups in total. The molecule has 0 aliphatic carbocycles. The zero-order chi connectivity index (χ0) is 18.6. The van der Waals surface area contributed by atoms with Gasteiger partial charge in [-0.15, -0.1) is 0 Å². The number of hydrogen-bond donors (Lipinski definition) is 1. The van der Waals surface area contributed by atoms with Gasteiger partial charge in [0.2, 0.25) is 11.7 Å². The molecule has 1 aliphatic rings. The standard InChI is InChI=1S/C18H25NO6/c1-11-9-19(10-13(11)18(21)22)15(20)8-6-12-5-7-14(23-2)17(25-4)16(12)24-3/h5,7,11,13H,6,8-10H2,1-4H3,(H,21,22)/t11-,13-/m1/s1. The normalized spacial score (nSPS) is 19.6. The summed E-state index contributed by atoms with van der Waals surface area (Å²) in [5, 5.41) is 9.19. The molecule has 1 aliphatic heterocycles. The van der Waals surface area contributed by atoms with E-state index in [1.54, 1.807) is 25.2 Å². The molecule has 2 rings (SSSR count). The molecule has 0 saturated carbocycles. The monoisotopic (exact) mass is 351 g/mol. The highest BCUT2D eigenvalue weighted by Gasteiger charge is 2.36. The van der Waals surface area contributed by atoms with Crippen LogP contribution in [-0.4, -0.2) is 56.3 Å². The van der Waals surface area contributed by atoms with E-state index in [4.69, 9.17) is 14.2 Å². The van der Waals surface area contributed by atoms with Crippen molar-refractivity contribution < 1.29 is 28.9 Å². The summed E-state index contributed by atoms with van der Waals surface area (Å²) >= 11 is 0. The van der Waals surface area contributed by atoms with Crippen molar-refractivity contribution in [3.8, 4) is 17.2 Å². The van der Waals surface area contributed by atoms with Gasteiger partial charge in [-0.3, -0.25) is 9.59 Å². The average Bonchev–Trinajstić information content (AvgIpc) is 3.00. The van der Waals surface area contributed by atoms with Crippen molar-refractivity contribution in [1.82, 2.24) is 4.90 Å². The van der Waals surface area contributed by atoms with Crippen LogP contribution in [0.5, 0.6) is 17.2 Å². The molecule has 0 radical (unpaired) electrons. The first-order valence-corrected chi connectivity index (χ1v) is 8.21. The Balaban J connectivity index is 2.06. The molecule has 0 unspecified atom stereocenters. The smallest absolute Gasteiger partial charge is 0.308 e. The maximum Gasteiger partial charge on any atom is 0.308 e. The number of benzene rings is 1. The van der Waals surface area contributed by atoms with E-state index in [1.807, 2.05) is 13.0 Å². The number of ether oxygens (including phenoxy) is 3. The molecule has 1 aromatic carbocycles. The highest BCUT2D eigenvalue weighted by molar-refractivity contribution is 5.79. The molecule has 0 bridgehead atoms. The Hall–Kier alpha value is -2.44. The second-order valence-corrected chi connectivity index (χ2v) is 6.21. The van der Waals surface area contributed by atoms with Crippen LogP contribution in [0.3, 0.4) is 0 Å². The SMILES string of the molecule is COc1ccc(CCC(=O)N2C[C@@H](C)[C@H](C(=O)O)C2)c(OC)c1OC. The van der Waals surface area contributed by atoms with Crippen molar-refractivity contribution in [2.75, 3.05) is 34.4 Å². The molecular weight excluding hydrogens is 326 g/mol. The number of rotatable bonds is 7. The maximum atomic E-state index is 12.4. The van der Waals surface area contributed by atoms with Gasteiger partial charge in [-0.25, -0.2) is 0 Å². The molecule has 1 amide bonds. The molecule has 1 saturated heterocycles. The van der Waals surface area contributed by atoms with E-state index >= 15 is 0 Å². The number of hydrogen-bond acceptors (Lipinski definition) is 5. The summed E-state index contributed by atoms with van der Waals surface area (Å²) in [4.78, 5) is 25.3. The van der Waals surface area contributed by atoms with Crippen molar-refractivity contribution in [3.05, 3.63) is 17.7 Å². The summed E-state index contributed by atoms with van der Waals surface area (Å²) in [7, 11) is 4.63. The number of carbonyl (C=O) groups excluding carboxylic acids is 1.